The predicted molar refractivity (Wildman–Crippen MR) is 155 cm³/mol. The highest BCUT2D eigenvalue weighted by atomic mass is 35.5. The number of imidazole rings is 1. The zero-order chi connectivity index (χ0) is 27.6. The number of aliphatic hydroxyl groups is 1. The molecule has 5 aromatic rings. The minimum absolute atomic E-state index is 0.141. The van der Waals surface area contributed by atoms with E-state index in [1.54, 1.807) is 71.3 Å². The maximum Gasteiger partial charge on any atom is 0.251 e. The van der Waals surface area contributed by atoms with Gasteiger partial charge in [-0.2, -0.15) is 0 Å². The van der Waals surface area contributed by atoms with Crippen molar-refractivity contribution in [1.82, 2.24) is 14.1 Å². The van der Waals surface area contributed by atoms with Gasteiger partial charge in [0.05, 0.1) is 29.9 Å². The summed E-state index contributed by atoms with van der Waals surface area (Å²) < 4.78 is 3.39. The van der Waals surface area contributed by atoms with Crippen molar-refractivity contribution in [3.05, 3.63) is 136 Å². The molecule has 0 saturated heterocycles. The van der Waals surface area contributed by atoms with Crippen LogP contribution < -0.4 is 5.56 Å². The second-order valence-electron chi connectivity index (χ2n) is 9.24. The van der Waals surface area contributed by atoms with Crippen molar-refractivity contribution in [2.45, 2.75) is 5.60 Å². The van der Waals surface area contributed by atoms with E-state index >= 15 is 0 Å². The Bertz CT molecular complexity index is 1750. The van der Waals surface area contributed by atoms with Gasteiger partial charge in [-0.15, -0.1) is 0 Å². The molecule has 0 spiro atoms. The van der Waals surface area contributed by atoms with Crippen LogP contribution in [0.2, 0.25) is 5.02 Å². The number of nitrogens with zero attached hydrogens (tertiary/aromatic N) is 4. The number of aryl methyl sites for hydroxylation is 2. The van der Waals surface area contributed by atoms with E-state index in [4.69, 9.17) is 16.4 Å². The average molecular weight is 539 g/mol. The Kier molecular flexibility index (Phi) is 7.19. The van der Waals surface area contributed by atoms with E-state index in [0.29, 0.717) is 28.5 Å². The van der Waals surface area contributed by atoms with E-state index in [-0.39, 0.29) is 5.56 Å². The van der Waals surface area contributed by atoms with Crippen molar-refractivity contribution in [1.29, 1.82) is 0 Å². The minimum atomic E-state index is -1.53. The molecule has 1 unspecified atom stereocenters. The monoisotopic (exact) mass is 538 g/mol. The summed E-state index contributed by atoms with van der Waals surface area (Å²) in [6.45, 7) is 3.92. The third-order valence-corrected chi connectivity index (χ3v) is 7.03. The Morgan fingerprint density at radius 1 is 1.08 bits per heavy atom. The number of fused-ring (bicyclic) bond motifs is 1. The lowest BCUT2D eigenvalue weighted by Crippen LogP contribution is -2.31. The summed E-state index contributed by atoms with van der Waals surface area (Å²) in [5, 5.41) is 17.8. The molecule has 0 fully saturated rings. The summed E-state index contributed by atoms with van der Waals surface area (Å²) in [5.74, 6) is 0. The first-order chi connectivity index (χ1) is 18.8. The zero-order valence-electron chi connectivity index (χ0n) is 21.6. The Morgan fingerprint density at radius 3 is 2.56 bits per heavy atom. The number of oxime groups is 1. The summed E-state index contributed by atoms with van der Waals surface area (Å²) in [6, 6.07) is 22.0. The van der Waals surface area contributed by atoms with Crippen molar-refractivity contribution < 1.29 is 9.94 Å². The van der Waals surface area contributed by atoms with Crippen LogP contribution in [0.4, 0.5) is 0 Å². The van der Waals surface area contributed by atoms with E-state index in [0.717, 1.165) is 27.6 Å². The van der Waals surface area contributed by atoms with Crippen LogP contribution in [0.5, 0.6) is 0 Å². The normalized spacial score (nSPS) is 13.0. The van der Waals surface area contributed by atoms with Gasteiger partial charge in [0.15, 0.2) is 5.60 Å². The molecule has 0 bridgehead atoms. The third kappa shape index (κ3) is 4.90. The van der Waals surface area contributed by atoms with E-state index in [9.17, 15) is 9.90 Å². The van der Waals surface area contributed by atoms with Gasteiger partial charge >= 0.3 is 0 Å². The van der Waals surface area contributed by atoms with Crippen molar-refractivity contribution in [3.8, 4) is 11.1 Å². The van der Waals surface area contributed by atoms with Crippen LogP contribution in [-0.2, 0) is 24.5 Å². The number of hydrogen-bond donors (Lipinski definition) is 1. The number of pyridine rings is 1. The van der Waals surface area contributed by atoms with Gasteiger partial charge in [-0.3, -0.25) is 4.79 Å². The van der Waals surface area contributed by atoms with Gasteiger partial charge in [-0.25, -0.2) is 4.98 Å². The fraction of sp³-hybridized carbons (Fsp3) is 0.129. The molecule has 196 valence electrons. The van der Waals surface area contributed by atoms with Gasteiger partial charge < -0.3 is 19.1 Å². The topological polar surface area (TPSA) is 81.6 Å². The van der Waals surface area contributed by atoms with Crippen LogP contribution in [-0.4, -0.2) is 32.0 Å². The zero-order valence-corrected chi connectivity index (χ0v) is 22.3. The molecule has 2 aromatic heterocycles. The van der Waals surface area contributed by atoms with E-state index in [1.165, 1.54) is 0 Å². The number of aromatic nitrogens is 3. The second-order valence-corrected chi connectivity index (χ2v) is 9.68. The molecule has 1 atom stereocenters. The molecule has 7 nitrogen and oxygen atoms in total. The highest BCUT2D eigenvalue weighted by Crippen LogP contribution is 2.39. The van der Waals surface area contributed by atoms with Crippen LogP contribution >= 0.6 is 11.6 Å². The van der Waals surface area contributed by atoms with E-state index in [1.807, 2.05) is 49.5 Å². The van der Waals surface area contributed by atoms with Crippen molar-refractivity contribution in [3.63, 3.8) is 0 Å². The van der Waals surface area contributed by atoms with E-state index in [2.05, 4.69) is 16.7 Å². The first kappa shape index (κ1) is 26.2. The molecule has 0 amide bonds. The SMILES string of the molecule is C=CCON=Cc1cccc(-c2cc(=O)n(C)c3ccc(C(O)(c4ccc(Cl)cc4)c4cncn4C)cc23)c1. The largest absolute Gasteiger partial charge is 0.392 e. The molecule has 2 heterocycles. The molecule has 0 radical (unpaired) electrons. The number of halogens is 1. The maximum atomic E-state index is 13.0. The standard InChI is InChI=1S/C31H27ClN4O3/c1-4-14-39-34-18-21-6-5-7-22(15-21)26-17-30(37)36(3)28-13-10-24(16-27(26)28)31(38,29-19-33-20-35(29)2)23-8-11-25(32)12-9-23/h4-13,15-20,38H,1,14H2,2-3H3. The summed E-state index contributed by atoms with van der Waals surface area (Å²) in [7, 11) is 3.58. The Balaban J connectivity index is 1.73. The molecule has 0 aliphatic rings. The van der Waals surface area contributed by atoms with Gasteiger partial charge in [-0.05, 0) is 58.1 Å². The van der Waals surface area contributed by atoms with Gasteiger partial charge in [0, 0.05) is 30.6 Å². The van der Waals surface area contributed by atoms with Crippen LogP contribution in [0, 0.1) is 0 Å². The Morgan fingerprint density at radius 2 is 1.85 bits per heavy atom. The molecule has 0 saturated carbocycles. The fourth-order valence-electron chi connectivity index (χ4n) is 4.76. The summed E-state index contributed by atoms with van der Waals surface area (Å²) in [6.07, 6.45) is 6.53. The molecule has 0 aliphatic heterocycles. The Labute approximate surface area is 230 Å². The number of benzene rings is 3. The lowest BCUT2D eigenvalue weighted by Gasteiger charge is -2.30. The van der Waals surface area contributed by atoms with Crippen LogP contribution in [0.1, 0.15) is 22.4 Å². The fourth-order valence-corrected chi connectivity index (χ4v) is 4.89. The van der Waals surface area contributed by atoms with Gasteiger partial charge in [0.2, 0.25) is 0 Å². The third-order valence-electron chi connectivity index (χ3n) is 6.78. The maximum absolute atomic E-state index is 13.0. The van der Waals surface area contributed by atoms with Crippen LogP contribution in [0.25, 0.3) is 22.0 Å². The second kappa shape index (κ2) is 10.7. The molecule has 39 heavy (non-hydrogen) atoms. The van der Waals surface area contributed by atoms with Crippen LogP contribution in [0.3, 0.4) is 0 Å². The average Bonchev–Trinajstić information content (AvgIpc) is 3.39. The summed E-state index contributed by atoms with van der Waals surface area (Å²) in [4.78, 5) is 22.4. The summed E-state index contributed by atoms with van der Waals surface area (Å²) in [5.41, 5.74) is 3.29. The smallest absolute Gasteiger partial charge is 0.251 e. The quantitative estimate of drug-likeness (QED) is 0.124. The lowest BCUT2D eigenvalue weighted by molar-refractivity contribution is 0.117. The first-order valence-corrected chi connectivity index (χ1v) is 12.7. The number of rotatable bonds is 8. The first-order valence-electron chi connectivity index (χ1n) is 12.3. The van der Waals surface area contributed by atoms with Crippen molar-refractivity contribution in [2.75, 3.05) is 6.61 Å². The molecule has 0 aliphatic carbocycles. The summed E-state index contributed by atoms with van der Waals surface area (Å²) >= 11 is 6.17. The number of hydrogen-bond acceptors (Lipinski definition) is 5. The molecular weight excluding hydrogens is 512 g/mol. The lowest BCUT2D eigenvalue weighted by atomic mass is 9.82. The molecule has 8 heteroatoms. The van der Waals surface area contributed by atoms with Gasteiger partial charge in [-0.1, -0.05) is 65.8 Å². The van der Waals surface area contributed by atoms with Gasteiger partial charge in [0.1, 0.15) is 6.61 Å². The highest BCUT2D eigenvalue weighted by Gasteiger charge is 2.37. The molecule has 1 N–H and O–H groups in total. The van der Waals surface area contributed by atoms with Crippen molar-refractivity contribution >= 4 is 28.7 Å². The molecular formula is C31H27ClN4O3. The molecule has 3 aromatic carbocycles. The van der Waals surface area contributed by atoms with Crippen LogP contribution in [0.15, 0.2) is 108 Å². The van der Waals surface area contributed by atoms with Gasteiger partial charge in [0.25, 0.3) is 5.56 Å². The highest BCUT2D eigenvalue weighted by molar-refractivity contribution is 6.30. The minimum Gasteiger partial charge on any atom is -0.392 e. The van der Waals surface area contributed by atoms with E-state index < -0.39 is 5.60 Å². The van der Waals surface area contributed by atoms with Crippen molar-refractivity contribution in [2.24, 2.45) is 19.3 Å². The molecule has 5 rings (SSSR count). The predicted octanol–water partition coefficient (Wildman–Crippen LogP) is 5.41. The Hall–Kier alpha value is -4.46.